The molecule has 0 aliphatic carbocycles. The minimum atomic E-state index is -0.665. The van der Waals surface area contributed by atoms with Crippen LogP contribution < -0.4 is 10.5 Å². The number of benzene rings is 1. The molecule has 0 spiro atoms. The van der Waals surface area contributed by atoms with E-state index in [-0.39, 0.29) is 30.1 Å². The Morgan fingerprint density at radius 3 is 2.92 bits per heavy atom. The number of aryl methyl sites for hydroxylation is 1. The van der Waals surface area contributed by atoms with Crippen molar-refractivity contribution in [2.24, 2.45) is 5.73 Å². The van der Waals surface area contributed by atoms with E-state index >= 15 is 0 Å². The minimum absolute atomic E-state index is 0.0672. The number of halogens is 1. The number of nitrogens with zero attached hydrogens (tertiary/aromatic N) is 2. The van der Waals surface area contributed by atoms with Crippen molar-refractivity contribution in [1.82, 2.24) is 9.88 Å². The van der Waals surface area contributed by atoms with Gasteiger partial charge in [0, 0.05) is 18.3 Å². The van der Waals surface area contributed by atoms with E-state index in [9.17, 15) is 14.0 Å². The number of primary amides is 1. The summed E-state index contributed by atoms with van der Waals surface area (Å²) in [5, 5.41) is 0. The maximum absolute atomic E-state index is 13.4. The van der Waals surface area contributed by atoms with Crippen molar-refractivity contribution in [3.63, 3.8) is 0 Å². The van der Waals surface area contributed by atoms with Gasteiger partial charge in [-0.1, -0.05) is 0 Å². The summed E-state index contributed by atoms with van der Waals surface area (Å²) in [5.41, 5.74) is 6.25. The predicted octanol–water partition coefficient (Wildman–Crippen LogP) is 2.31. The largest absolute Gasteiger partial charge is 0.489 e. The summed E-state index contributed by atoms with van der Waals surface area (Å²) in [6, 6.07) is 7.50. The monoisotopic (exact) mass is 357 g/mol. The highest BCUT2D eigenvalue weighted by molar-refractivity contribution is 5.95. The average Bonchev–Trinajstić information content (AvgIpc) is 3.10. The molecule has 2 amide bonds. The van der Waals surface area contributed by atoms with E-state index < -0.39 is 5.91 Å². The summed E-state index contributed by atoms with van der Waals surface area (Å²) >= 11 is 0. The molecule has 1 aliphatic heterocycles. The first-order valence-electron chi connectivity index (χ1n) is 8.42. The molecule has 1 aliphatic rings. The first-order valence-corrected chi connectivity index (χ1v) is 8.42. The number of rotatable bonds is 5. The van der Waals surface area contributed by atoms with Crippen LogP contribution in [-0.2, 0) is 0 Å². The Balaban J connectivity index is 1.71. The molecule has 1 unspecified atom stereocenters. The molecule has 0 saturated carbocycles. The van der Waals surface area contributed by atoms with Gasteiger partial charge >= 0.3 is 0 Å². The lowest BCUT2D eigenvalue weighted by molar-refractivity contribution is 0.0689. The fraction of sp³-hybridized carbons (Fsp3) is 0.316. The molecule has 7 heteroatoms. The third-order valence-corrected chi connectivity index (χ3v) is 4.48. The number of hydrogen-bond acceptors (Lipinski definition) is 4. The topological polar surface area (TPSA) is 85.5 Å². The lowest BCUT2D eigenvalue weighted by Crippen LogP contribution is -2.39. The van der Waals surface area contributed by atoms with Gasteiger partial charge in [0.1, 0.15) is 12.4 Å². The van der Waals surface area contributed by atoms with Crippen LogP contribution in [0.4, 0.5) is 4.39 Å². The number of pyridine rings is 1. The third kappa shape index (κ3) is 3.66. The average molecular weight is 357 g/mol. The zero-order valence-electron chi connectivity index (χ0n) is 14.4. The van der Waals surface area contributed by atoms with Crippen molar-refractivity contribution in [3.05, 3.63) is 59.2 Å². The van der Waals surface area contributed by atoms with Crippen LogP contribution in [0.15, 0.2) is 36.5 Å². The summed E-state index contributed by atoms with van der Waals surface area (Å²) < 4.78 is 19.2. The lowest BCUT2D eigenvalue weighted by atomic mass is 10.1. The van der Waals surface area contributed by atoms with E-state index in [0.29, 0.717) is 23.4 Å². The van der Waals surface area contributed by atoms with Crippen molar-refractivity contribution in [1.29, 1.82) is 0 Å². The molecule has 1 aromatic heterocycles. The molecule has 136 valence electrons. The van der Waals surface area contributed by atoms with Gasteiger partial charge in [0.25, 0.3) is 11.8 Å². The second kappa shape index (κ2) is 7.51. The van der Waals surface area contributed by atoms with Gasteiger partial charge in [-0.2, -0.15) is 0 Å². The molecule has 0 radical (unpaired) electrons. The van der Waals surface area contributed by atoms with Crippen molar-refractivity contribution < 1.29 is 18.7 Å². The van der Waals surface area contributed by atoms with Crippen LogP contribution in [0.3, 0.4) is 0 Å². The number of ether oxygens (including phenoxy) is 1. The van der Waals surface area contributed by atoms with E-state index in [1.54, 1.807) is 30.0 Å². The Hall–Kier alpha value is -2.96. The summed E-state index contributed by atoms with van der Waals surface area (Å²) in [6.07, 6.45) is 3.11. The second-order valence-corrected chi connectivity index (χ2v) is 6.28. The van der Waals surface area contributed by atoms with Crippen molar-refractivity contribution in [2.75, 3.05) is 13.2 Å². The number of amides is 2. The highest BCUT2D eigenvalue weighted by Crippen LogP contribution is 2.23. The lowest BCUT2D eigenvalue weighted by Gasteiger charge is -2.25. The summed E-state index contributed by atoms with van der Waals surface area (Å²) in [5.74, 6) is -0.849. The summed E-state index contributed by atoms with van der Waals surface area (Å²) in [7, 11) is 0. The Labute approximate surface area is 150 Å². The van der Waals surface area contributed by atoms with Gasteiger partial charge in [-0.15, -0.1) is 0 Å². The Morgan fingerprint density at radius 1 is 1.38 bits per heavy atom. The fourth-order valence-corrected chi connectivity index (χ4v) is 3.10. The first-order chi connectivity index (χ1) is 12.5. The molecular weight excluding hydrogens is 337 g/mol. The Bertz CT molecular complexity index is 841. The first kappa shape index (κ1) is 17.8. The second-order valence-electron chi connectivity index (χ2n) is 6.28. The molecule has 1 saturated heterocycles. The van der Waals surface area contributed by atoms with Crippen LogP contribution in [-0.4, -0.2) is 40.9 Å². The number of likely N-dealkylation sites (tertiary alicyclic amines) is 1. The van der Waals surface area contributed by atoms with Crippen LogP contribution >= 0.6 is 0 Å². The van der Waals surface area contributed by atoms with E-state index in [2.05, 4.69) is 4.98 Å². The summed E-state index contributed by atoms with van der Waals surface area (Å²) in [6.45, 7) is 2.47. The van der Waals surface area contributed by atoms with Gasteiger partial charge in [-0.3, -0.25) is 9.59 Å². The Morgan fingerprint density at radius 2 is 2.19 bits per heavy atom. The molecule has 2 aromatic rings. The van der Waals surface area contributed by atoms with Crippen molar-refractivity contribution in [3.8, 4) is 5.75 Å². The van der Waals surface area contributed by atoms with Crippen LogP contribution in [0.2, 0.25) is 0 Å². The molecule has 3 rings (SSSR count). The van der Waals surface area contributed by atoms with E-state index in [1.807, 2.05) is 0 Å². The highest BCUT2D eigenvalue weighted by Gasteiger charge is 2.30. The molecule has 26 heavy (non-hydrogen) atoms. The minimum Gasteiger partial charge on any atom is -0.489 e. The molecule has 1 aromatic carbocycles. The van der Waals surface area contributed by atoms with Gasteiger partial charge in [0.2, 0.25) is 0 Å². The summed E-state index contributed by atoms with van der Waals surface area (Å²) in [4.78, 5) is 29.8. The van der Waals surface area contributed by atoms with Crippen molar-refractivity contribution in [2.45, 2.75) is 25.8 Å². The number of carbonyl (C=O) groups is 2. The van der Waals surface area contributed by atoms with Gasteiger partial charge in [0.05, 0.1) is 6.04 Å². The molecule has 2 heterocycles. The Kier molecular flexibility index (Phi) is 5.16. The number of hydrogen-bond donors (Lipinski definition) is 1. The van der Waals surface area contributed by atoms with E-state index in [4.69, 9.17) is 10.5 Å². The van der Waals surface area contributed by atoms with Crippen LogP contribution in [0.25, 0.3) is 0 Å². The van der Waals surface area contributed by atoms with Crippen LogP contribution in [0.5, 0.6) is 5.75 Å². The molecule has 1 fully saturated rings. The fourth-order valence-electron chi connectivity index (χ4n) is 3.10. The highest BCUT2D eigenvalue weighted by atomic mass is 19.1. The van der Waals surface area contributed by atoms with Gasteiger partial charge in [-0.05, 0) is 55.7 Å². The van der Waals surface area contributed by atoms with E-state index in [1.165, 1.54) is 18.3 Å². The molecule has 2 N–H and O–H groups in total. The van der Waals surface area contributed by atoms with Crippen LogP contribution in [0.1, 0.15) is 39.3 Å². The normalized spacial score (nSPS) is 16.5. The van der Waals surface area contributed by atoms with Crippen LogP contribution in [0, 0.1) is 12.7 Å². The van der Waals surface area contributed by atoms with Gasteiger partial charge in [0.15, 0.2) is 11.4 Å². The number of aromatic nitrogens is 1. The SMILES string of the molecule is Cc1cc(C(=O)N2CCCC2COc2cccnc2C(N)=O)ccc1F. The van der Waals surface area contributed by atoms with Gasteiger partial charge in [-0.25, -0.2) is 9.37 Å². The van der Waals surface area contributed by atoms with E-state index in [0.717, 1.165) is 12.8 Å². The van der Waals surface area contributed by atoms with Crippen molar-refractivity contribution >= 4 is 11.8 Å². The molecular formula is C19H20FN3O3. The number of carbonyl (C=O) groups excluding carboxylic acids is 2. The predicted molar refractivity (Wildman–Crippen MR) is 93.4 cm³/mol. The molecule has 6 nitrogen and oxygen atoms in total. The zero-order valence-corrected chi connectivity index (χ0v) is 14.4. The third-order valence-electron chi connectivity index (χ3n) is 4.48. The maximum atomic E-state index is 13.4. The van der Waals surface area contributed by atoms with Gasteiger partial charge < -0.3 is 15.4 Å². The maximum Gasteiger partial charge on any atom is 0.271 e. The number of nitrogens with two attached hydrogens (primary N) is 1. The smallest absolute Gasteiger partial charge is 0.271 e. The standard InChI is InChI=1S/C19H20FN3O3/c1-12-10-13(6-7-15(12)20)19(25)23-9-3-4-14(23)11-26-16-5-2-8-22-17(16)18(21)24/h2,5-8,10,14H,3-4,9,11H2,1H3,(H2,21,24). The quantitative estimate of drug-likeness (QED) is 0.890. The zero-order chi connectivity index (χ0) is 18.7. The molecule has 1 atom stereocenters. The molecule has 0 bridgehead atoms.